The first kappa shape index (κ1) is 19.0. The zero-order valence-corrected chi connectivity index (χ0v) is 15.6. The Hall–Kier alpha value is -2.82. The quantitative estimate of drug-likeness (QED) is 0.766. The summed E-state index contributed by atoms with van der Waals surface area (Å²) in [6.07, 6.45) is -0.123. The van der Waals surface area contributed by atoms with Crippen LogP contribution in [0.4, 0.5) is 4.79 Å². The normalized spacial score (nSPS) is 13.7. The summed E-state index contributed by atoms with van der Waals surface area (Å²) in [6, 6.07) is 16.3. The molecule has 0 bridgehead atoms. The van der Waals surface area contributed by atoms with Gasteiger partial charge in [0.25, 0.3) is 0 Å². The van der Waals surface area contributed by atoms with Crippen LogP contribution in [0.5, 0.6) is 0 Å². The summed E-state index contributed by atoms with van der Waals surface area (Å²) >= 11 is 0. The van der Waals surface area contributed by atoms with Gasteiger partial charge in [-0.15, -0.1) is 0 Å². The number of ether oxygens (including phenoxy) is 1. The number of hydrogen-bond acceptors (Lipinski definition) is 3. The predicted molar refractivity (Wildman–Crippen MR) is 104 cm³/mol. The summed E-state index contributed by atoms with van der Waals surface area (Å²) in [5.74, 6) is -1.27. The van der Waals surface area contributed by atoms with Gasteiger partial charge in [-0.2, -0.15) is 0 Å². The molecular formula is C22H25NO4. The lowest BCUT2D eigenvalue weighted by molar-refractivity contribution is -0.143. The van der Waals surface area contributed by atoms with Gasteiger partial charge in [-0.05, 0) is 34.6 Å². The minimum Gasteiger partial charge on any atom is -0.481 e. The van der Waals surface area contributed by atoms with Crippen molar-refractivity contribution in [3.63, 3.8) is 0 Å². The summed E-state index contributed by atoms with van der Waals surface area (Å²) in [6.45, 7) is 4.27. The fourth-order valence-electron chi connectivity index (χ4n) is 3.72. The van der Waals surface area contributed by atoms with Gasteiger partial charge in [0, 0.05) is 12.5 Å². The lowest BCUT2D eigenvalue weighted by Gasteiger charge is -2.17. The van der Waals surface area contributed by atoms with E-state index in [4.69, 9.17) is 4.74 Å². The zero-order chi connectivity index (χ0) is 19.4. The Morgan fingerprint density at radius 3 is 2.11 bits per heavy atom. The molecule has 1 atom stereocenters. The average molecular weight is 367 g/mol. The smallest absolute Gasteiger partial charge is 0.407 e. The van der Waals surface area contributed by atoms with Crippen molar-refractivity contribution in [2.45, 2.75) is 26.2 Å². The SMILES string of the molecule is CC(C)C(CCNC(=O)OCC1c2ccccc2-c2ccccc21)C(=O)O. The number of carboxylic acids is 1. The van der Waals surface area contributed by atoms with Crippen LogP contribution in [0, 0.1) is 11.8 Å². The van der Waals surface area contributed by atoms with E-state index in [1.54, 1.807) is 0 Å². The van der Waals surface area contributed by atoms with Gasteiger partial charge in [0.05, 0.1) is 5.92 Å². The Morgan fingerprint density at radius 2 is 1.59 bits per heavy atom. The molecular weight excluding hydrogens is 342 g/mol. The summed E-state index contributed by atoms with van der Waals surface area (Å²) in [7, 11) is 0. The van der Waals surface area contributed by atoms with E-state index in [-0.39, 0.29) is 25.0 Å². The lowest BCUT2D eigenvalue weighted by Crippen LogP contribution is -2.30. The molecule has 142 valence electrons. The van der Waals surface area contributed by atoms with E-state index in [0.29, 0.717) is 6.42 Å². The third kappa shape index (κ3) is 4.13. The summed E-state index contributed by atoms with van der Waals surface area (Å²) < 4.78 is 5.44. The van der Waals surface area contributed by atoms with Crippen LogP contribution in [0.15, 0.2) is 48.5 Å². The Balaban J connectivity index is 1.57. The van der Waals surface area contributed by atoms with Crippen molar-refractivity contribution in [1.29, 1.82) is 0 Å². The first-order valence-electron chi connectivity index (χ1n) is 9.30. The minimum absolute atomic E-state index is 0.0191. The van der Waals surface area contributed by atoms with Crippen molar-refractivity contribution in [3.05, 3.63) is 59.7 Å². The van der Waals surface area contributed by atoms with Gasteiger partial charge in [-0.25, -0.2) is 4.79 Å². The van der Waals surface area contributed by atoms with Crippen molar-refractivity contribution in [1.82, 2.24) is 5.32 Å². The van der Waals surface area contributed by atoms with Crippen LogP contribution in [0.2, 0.25) is 0 Å². The predicted octanol–water partition coefficient (Wildman–Crippen LogP) is 4.27. The highest BCUT2D eigenvalue weighted by atomic mass is 16.5. The van der Waals surface area contributed by atoms with Crippen LogP contribution in [0.25, 0.3) is 11.1 Å². The van der Waals surface area contributed by atoms with Crippen LogP contribution < -0.4 is 5.32 Å². The molecule has 0 saturated heterocycles. The molecule has 1 unspecified atom stereocenters. The van der Waals surface area contributed by atoms with Crippen molar-refractivity contribution in [2.75, 3.05) is 13.2 Å². The Kier molecular flexibility index (Phi) is 5.79. The summed E-state index contributed by atoms with van der Waals surface area (Å²) in [4.78, 5) is 23.3. The third-order valence-corrected chi connectivity index (χ3v) is 5.19. The van der Waals surface area contributed by atoms with Gasteiger partial charge in [-0.1, -0.05) is 62.4 Å². The fourth-order valence-corrected chi connectivity index (χ4v) is 3.72. The van der Waals surface area contributed by atoms with Gasteiger partial charge in [-0.3, -0.25) is 4.79 Å². The molecule has 2 N–H and O–H groups in total. The largest absolute Gasteiger partial charge is 0.481 e. The zero-order valence-electron chi connectivity index (χ0n) is 15.6. The number of carbonyl (C=O) groups excluding carboxylic acids is 1. The van der Waals surface area contributed by atoms with E-state index in [1.807, 2.05) is 38.1 Å². The molecule has 0 saturated carbocycles. The van der Waals surface area contributed by atoms with Crippen molar-refractivity contribution < 1.29 is 19.4 Å². The van der Waals surface area contributed by atoms with Gasteiger partial charge in [0.15, 0.2) is 0 Å². The second kappa shape index (κ2) is 8.25. The van der Waals surface area contributed by atoms with Crippen molar-refractivity contribution in [3.8, 4) is 11.1 Å². The number of aliphatic carboxylic acids is 1. The van der Waals surface area contributed by atoms with E-state index in [9.17, 15) is 14.7 Å². The maximum Gasteiger partial charge on any atom is 0.407 e. The Bertz CT molecular complexity index is 785. The van der Waals surface area contributed by atoms with E-state index in [2.05, 4.69) is 29.6 Å². The van der Waals surface area contributed by atoms with Crippen molar-refractivity contribution >= 4 is 12.1 Å². The van der Waals surface area contributed by atoms with Gasteiger partial charge < -0.3 is 15.2 Å². The highest BCUT2D eigenvalue weighted by Gasteiger charge is 2.29. The molecule has 5 nitrogen and oxygen atoms in total. The molecule has 0 spiro atoms. The Labute approximate surface area is 159 Å². The monoisotopic (exact) mass is 367 g/mol. The third-order valence-electron chi connectivity index (χ3n) is 5.19. The number of hydrogen-bond donors (Lipinski definition) is 2. The topological polar surface area (TPSA) is 75.6 Å². The number of rotatable bonds is 7. The molecule has 0 aromatic heterocycles. The average Bonchev–Trinajstić information content (AvgIpc) is 2.97. The van der Waals surface area contributed by atoms with E-state index >= 15 is 0 Å². The molecule has 1 aliphatic rings. The lowest BCUT2D eigenvalue weighted by atomic mass is 9.93. The number of nitrogens with one attached hydrogen (secondary N) is 1. The number of benzene rings is 2. The first-order valence-corrected chi connectivity index (χ1v) is 9.30. The van der Waals surface area contributed by atoms with Gasteiger partial charge >= 0.3 is 12.1 Å². The highest BCUT2D eigenvalue weighted by molar-refractivity contribution is 5.79. The first-order chi connectivity index (χ1) is 13.0. The molecule has 0 radical (unpaired) electrons. The van der Waals surface area contributed by atoms with Crippen LogP contribution in [0.3, 0.4) is 0 Å². The summed E-state index contributed by atoms with van der Waals surface area (Å²) in [5, 5.41) is 11.9. The van der Waals surface area contributed by atoms with Crippen LogP contribution >= 0.6 is 0 Å². The van der Waals surface area contributed by atoms with Crippen LogP contribution in [0.1, 0.15) is 37.3 Å². The molecule has 1 aliphatic carbocycles. The van der Waals surface area contributed by atoms with Crippen LogP contribution in [-0.4, -0.2) is 30.3 Å². The Morgan fingerprint density at radius 1 is 1.04 bits per heavy atom. The number of amides is 1. The number of carbonyl (C=O) groups is 2. The second-order valence-corrected chi connectivity index (χ2v) is 7.23. The molecule has 27 heavy (non-hydrogen) atoms. The molecule has 2 aromatic rings. The maximum atomic E-state index is 12.1. The molecule has 0 heterocycles. The molecule has 5 heteroatoms. The number of carboxylic acid groups (broad SMARTS) is 1. The molecule has 0 fully saturated rings. The molecule has 3 rings (SSSR count). The van der Waals surface area contributed by atoms with Crippen LogP contribution in [-0.2, 0) is 9.53 Å². The van der Waals surface area contributed by atoms with E-state index in [0.717, 1.165) is 11.1 Å². The summed E-state index contributed by atoms with van der Waals surface area (Å²) in [5.41, 5.74) is 4.70. The standard InChI is InChI=1S/C22H25NO4/c1-14(2)15(21(24)25)11-12-23-22(26)27-13-20-18-9-5-3-7-16(18)17-8-4-6-10-19(17)20/h3-10,14-15,20H,11-13H2,1-2H3,(H,23,26)(H,24,25). The van der Waals surface area contributed by atoms with Crippen molar-refractivity contribution in [2.24, 2.45) is 11.8 Å². The van der Waals surface area contributed by atoms with E-state index < -0.39 is 18.0 Å². The number of fused-ring (bicyclic) bond motifs is 3. The highest BCUT2D eigenvalue weighted by Crippen LogP contribution is 2.44. The van der Waals surface area contributed by atoms with Gasteiger partial charge in [0.1, 0.15) is 6.61 Å². The fraction of sp³-hybridized carbons (Fsp3) is 0.364. The van der Waals surface area contributed by atoms with E-state index in [1.165, 1.54) is 11.1 Å². The minimum atomic E-state index is -0.834. The van der Waals surface area contributed by atoms with Gasteiger partial charge in [0.2, 0.25) is 0 Å². The maximum absolute atomic E-state index is 12.1. The molecule has 2 aromatic carbocycles. The number of alkyl carbamates (subject to hydrolysis) is 1. The molecule has 1 amide bonds. The molecule has 0 aliphatic heterocycles. The second-order valence-electron chi connectivity index (χ2n) is 7.23.